The number of alkyl halides is 6. The van der Waals surface area contributed by atoms with Gasteiger partial charge in [0.2, 0.25) is 0 Å². The number of halogens is 6. The average Bonchev–Trinajstić information content (AvgIpc) is 2.51. The number of nitrogens with zero attached hydrogens (tertiary/aromatic N) is 11. The number of rotatable bonds is 7. The minimum Gasteiger partial charge on any atom is -0.309 e. The summed E-state index contributed by atoms with van der Waals surface area (Å²) in [4.78, 5) is 0. The fourth-order valence-electron chi connectivity index (χ4n) is 11.6. The van der Waals surface area contributed by atoms with Gasteiger partial charge in [0.05, 0.1) is 143 Å². The van der Waals surface area contributed by atoms with Crippen LogP contribution in [-0.2, 0) is 12.4 Å². The quantitative estimate of drug-likeness (QED) is 0.138. The monoisotopic (exact) mass is 1150 g/mol. The third kappa shape index (κ3) is 9.12. The molecule has 0 N–H and O–H groups in total. The molecule has 10 aromatic carbocycles. The maximum absolute atomic E-state index is 16.0. The summed E-state index contributed by atoms with van der Waals surface area (Å²) in [6, 6.07) is 60.4. The van der Waals surface area contributed by atoms with E-state index in [9.17, 15) is 47.4 Å². The van der Waals surface area contributed by atoms with Gasteiger partial charge in [0.1, 0.15) is 6.07 Å². The summed E-state index contributed by atoms with van der Waals surface area (Å²) in [6.45, 7) is 0. The van der Waals surface area contributed by atoms with Gasteiger partial charge in [0, 0.05) is 32.7 Å². The van der Waals surface area contributed by atoms with Crippen molar-refractivity contribution in [3.8, 4) is 122 Å². The molecule has 11 nitrogen and oxygen atoms in total. The molecule has 0 amide bonds. The Morgan fingerprint density at radius 3 is 0.841 bits per heavy atom. The Labute approximate surface area is 495 Å². The van der Waals surface area contributed by atoms with Crippen LogP contribution in [0.4, 0.5) is 26.3 Å². The zero-order valence-corrected chi connectivity index (χ0v) is 44.9. The Balaban J connectivity index is 1.28. The standard InChI is InChI=1S/C71H29F6N11/c72-70(73,74)61-2-1-3-62(71(75,76)77)69(61)60-29-63(87-64-24-43(52-12-4-39(30-78)20-47(52)34-82)8-16-56(64)57-17-9-44(25-65(57)87)53-13-5-40(31-79)21-48(53)35-83)51(38-86)28-68(60)88-66-26-45(54-14-6-41(32-80)22-49(54)36-84)10-18-58(66)59-19-11-46(27-67(59)88)55-15-7-42(33-81)23-50(55)37-85/h1-29H. The third-order valence-electron chi connectivity index (χ3n) is 15.5. The van der Waals surface area contributed by atoms with Crippen LogP contribution in [0.2, 0.25) is 0 Å². The van der Waals surface area contributed by atoms with E-state index in [2.05, 4.69) is 30.3 Å². The van der Waals surface area contributed by atoms with Crippen LogP contribution >= 0.6 is 0 Å². The molecule has 0 fully saturated rings. The van der Waals surface area contributed by atoms with E-state index in [4.69, 9.17) is 0 Å². The highest BCUT2D eigenvalue weighted by atomic mass is 19.4. The number of hydrogen-bond acceptors (Lipinski definition) is 9. The van der Waals surface area contributed by atoms with E-state index >= 15 is 26.3 Å². The van der Waals surface area contributed by atoms with Crippen molar-refractivity contribution in [2.24, 2.45) is 0 Å². The zero-order valence-electron chi connectivity index (χ0n) is 44.9. The smallest absolute Gasteiger partial charge is 0.309 e. The van der Waals surface area contributed by atoms with Crippen molar-refractivity contribution in [2.75, 3.05) is 0 Å². The first-order valence-corrected chi connectivity index (χ1v) is 26.3. The molecule has 0 bridgehead atoms. The van der Waals surface area contributed by atoms with E-state index in [1.807, 2.05) is 24.3 Å². The van der Waals surface area contributed by atoms with Crippen molar-refractivity contribution in [3.05, 3.63) is 237 Å². The highest BCUT2D eigenvalue weighted by molar-refractivity contribution is 6.14. The molecule has 0 aliphatic heterocycles. The first kappa shape index (κ1) is 55.3. The first-order chi connectivity index (χ1) is 42.5. The summed E-state index contributed by atoms with van der Waals surface area (Å²) >= 11 is 0. The lowest BCUT2D eigenvalue weighted by Gasteiger charge is -2.24. The SMILES string of the molecule is N#Cc1ccc(-c2ccc3c4ccc(-c5ccc(C#N)cc5C#N)cc4n(-c4cc(-c5c(C(F)(F)F)cccc5C(F)(F)F)c(-n5c6cc(-c7ccc(C#N)cc7C#N)ccc6c6ccc(-c7ccc(C#N)cc7C#N)cc65)cc4C#N)c3c2)c(C#N)c1. The first-order valence-electron chi connectivity index (χ1n) is 26.3. The second kappa shape index (κ2) is 21.2. The largest absolute Gasteiger partial charge is 0.417 e. The molecule has 12 rings (SSSR count). The Kier molecular flexibility index (Phi) is 13.3. The van der Waals surface area contributed by atoms with Gasteiger partial charge in [0.25, 0.3) is 0 Å². The van der Waals surface area contributed by atoms with Crippen molar-refractivity contribution >= 4 is 43.6 Å². The molecule has 0 aliphatic rings. The van der Waals surface area contributed by atoms with Gasteiger partial charge in [0.15, 0.2) is 0 Å². The van der Waals surface area contributed by atoms with Gasteiger partial charge in [-0.3, -0.25) is 0 Å². The van der Waals surface area contributed by atoms with Crippen molar-refractivity contribution < 1.29 is 26.3 Å². The molecule has 12 aromatic rings. The number of hydrogen-bond donors (Lipinski definition) is 0. The van der Waals surface area contributed by atoms with Gasteiger partial charge in [-0.2, -0.15) is 73.7 Å². The van der Waals surface area contributed by atoms with Crippen molar-refractivity contribution in [1.82, 2.24) is 9.13 Å². The van der Waals surface area contributed by atoms with Gasteiger partial charge in [-0.15, -0.1) is 0 Å². The number of fused-ring (bicyclic) bond motifs is 6. The van der Waals surface area contributed by atoms with Crippen LogP contribution in [0.15, 0.2) is 176 Å². The Morgan fingerprint density at radius 2 is 0.568 bits per heavy atom. The van der Waals surface area contributed by atoms with E-state index < -0.39 is 34.6 Å². The fraction of sp³-hybridized carbons (Fsp3) is 0.0282. The van der Waals surface area contributed by atoms with Crippen molar-refractivity contribution in [1.29, 1.82) is 47.4 Å². The van der Waals surface area contributed by atoms with Crippen LogP contribution in [0.1, 0.15) is 61.2 Å². The highest BCUT2D eigenvalue weighted by Crippen LogP contribution is 2.50. The molecule has 88 heavy (non-hydrogen) atoms. The fourth-order valence-corrected chi connectivity index (χ4v) is 11.6. The second-order valence-corrected chi connectivity index (χ2v) is 20.3. The van der Waals surface area contributed by atoms with Gasteiger partial charge in [-0.25, -0.2) is 0 Å². The summed E-state index contributed by atoms with van der Waals surface area (Å²) in [5.74, 6) is 0. The highest BCUT2D eigenvalue weighted by Gasteiger charge is 2.42. The second-order valence-electron chi connectivity index (χ2n) is 20.3. The zero-order chi connectivity index (χ0) is 61.9. The van der Waals surface area contributed by atoms with Gasteiger partial charge >= 0.3 is 12.4 Å². The van der Waals surface area contributed by atoms with E-state index in [0.29, 0.717) is 84.3 Å². The van der Waals surface area contributed by atoms with Crippen LogP contribution in [0, 0.1) is 102 Å². The molecule has 0 saturated carbocycles. The number of nitriles is 9. The summed E-state index contributed by atoms with van der Waals surface area (Å²) < 4.78 is 98.8. The van der Waals surface area contributed by atoms with Crippen LogP contribution in [0.25, 0.3) is 111 Å². The van der Waals surface area contributed by atoms with E-state index in [1.54, 1.807) is 84.9 Å². The van der Waals surface area contributed by atoms with Crippen LogP contribution in [0.5, 0.6) is 0 Å². The van der Waals surface area contributed by atoms with Gasteiger partial charge in [-0.05, 0) is 142 Å². The molecule has 0 radical (unpaired) electrons. The molecule has 0 aliphatic carbocycles. The summed E-state index contributed by atoms with van der Waals surface area (Å²) in [5.41, 5.74) is -1.43. The number of benzene rings is 10. The number of aromatic nitrogens is 2. The summed E-state index contributed by atoms with van der Waals surface area (Å²) in [6.07, 6.45) is -10.9. The Bertz CT molecular complexity index is 5200. The summed E-state index contributed by atoms with van der Waals surface area (Å²) in [7, 11) is 0. The van der Waals surface area contributed by atoms with E-state index in [-0.39, 0.29) is 83.5 Å². The average molecular weight is 1150 g/mol. The predicted molar refractivity (Wildman–Crippen MR) is 315 cm³/mol. The molecule has 410 valence electrons. The van der Waals surface area contributed by atoms with Crippen molar-refractivity contribution in [2.45, 2.75) is 12.4 Å². The molecule has 2 aromatic heterocycles. The lowest BCUT2D eigenvalue weighted by Crippen LogP contribution is -2.15. The van der Waals surface area contributed by atoms with Crippen LogP contribution in [0.3, 0.4) is 0 Å². The van der Waals surface area contributed by atoms with Gasteiger partial charge in [-0.1, -0.05) is 78.9 Å². The van der Waals surface area contributed by atoms with E-state index in [0.717, 1.165) is 6.07 Å². The van der Waals surface area contributed by atoms with E-state index in [1.165, 1.54) is 75.9 Å². The maximum Gasteiger partial charge on any atom is 0.417 e. The minimum atomic E-state index is -5.45. The maximum atomic E-state index is 16.0. The third-order valence-corrected chi connectivity index (χ3v) is 15.5. The minimum absolute atomic E-state index is 0.0717. The molecular weight excluding hydrogens is 1120 g/mol. The van der Waals surface area contributed by atoms with Crippen molar-refractivity contribution in [3.63, 3.8) is 0 Å². The molecule has 0 spiro atoms. The lowest BCUT2D eigenvalue weighted by atomic mass is 9.90. The van der Waals surface area contributed by atoms with Crippen LogP contribution < -0.4 is 0 Å². The Morgan fingerprint density at radius 1 is 0.273 bits per heavy atom. The van der Waals surface area contributed by atoms with Crippen LogP contribution in [-0.4, -0.2) is 9.13 Å². The van der Waals surface area contributed by atoms with Gasteiger partial charge < -0.3 is 9.13 Å². The lowest BCUT2D eigenvalue weighted by molar-refractivity contribution is -0.142. The molecular formula is C71H29F6N11. The topological polar surface area (TPSA) is 224 Å². The molecule has 0 saturated heterocycles. The molecule has 0 atom stereocenters. The summed E-state index contributed by atoms with van der Waals surface area (Å²) in [5, 5.41) is 93.9. The molecule has 17 heteroatoms. The predicted octanol–water partition coefficient (Wildman–Crippen LogP) is 17.1. The molecule has 0 unspecified atom stereocenters. The molecule has 2 heterocycles. The Hall–Kier alpha value is -13.2. The normalized spacial score (nSPS) is 11.2.